The number of fused-ring (bicyclic) bond motifs is 1. The van der Waals surface area contributed by atoms with Gasteiger partial charge in [-0.1, -0.05) is 83.8 Å². The lowest BCUT2D eigenvalue weighted by atomic mass is 9.96. The summed E-state index contributed by atoms with van der Waals surface area (Å²) < 4.78 is 0. The van der Waals surface area contributed by atoms with E-state index < -0.39 is 0 Å². The van der Waals surface area contributed by atoms with Crippen molar-refractivity contribution >= 4 is 80.3 Å². The van der Waals surface area contributed by atoms with Gasteiger partial charge in [0.15, 0.2) is 5.82 Å². The molecule has 2 aromatic heterocycles. The van der Waals surface area contributed by atoms with E-state index in [1.54, 1.807) is 30.6 Å². The zero-order valence-electron chi connectivity index (χ0n) is 27.8. The molecular weight excluding hydrogens is 691 g/mol. The van der Waals surface area contributed by atoms with E-state index in [1.165, 1.54) is 6.92 Å². The van der Waals surface area contributed by atoms with Gasteiger partial charge in [0.2, 0.25) is 5.91 Å². The predicted octanol–water partition coefficient (Wildman–Crippen LogP) is 9.41. The summed E-state index contributed by atoms with van der Waals surface area (Å²) in [7, 11) is 0. The molecule has 256 valence electrons. The minimum atomic E-state index is -0.346. The Labute approximate surface area is 306 Å². The quantitative estimate of drug-likeness (QED) is 0.133. The van der Waals surface area contributed by atoms with Crippen molar-refractivity contribution in [3.05, 3.63) is 135 Å². The Hall–Kier alpha value is -4.76. The third-order valence-electron chi connectivity index (χ3n) is 8.89. The number of carbonyl (C=O) groups excluding carboxylic acids is 2. The highest BCUT2D eigenvalue weighted by Crippen LogP contribution is 2.39. The highest BCUT2D eigenvalue weighted by atomic mass is 35.5. The maximum absolute atomic E-state index is 14.6. The minimum absolute atomic E-state index is 0.0353. The van der Waals surface area contributed by atoms with Gasteiger partial charge < -0.3 is 25.4 Å². The fourth-order valence-electron chi connectivity index (χ4n) is 6.48. The summed E-state index contributed by atoms with van der Waals surface area (Å²) in [6.45, 7) is 9.49. The van der Waals surface area contributed by atoms with Gasteiger partial charge in [-0.25, -0.2) is 4.98 Å². The van der Waals surface area contributed by atoms with Crippen LogP contribution < -0.4 is 15.5 Å². The highest BCUT2D eigenvalue weighted by Gasteiger charge is 2.28. The number of benzene rings is 3. The van der Waals surface area contributed by atoms with Crippen LogP contribution in [0, 0.1) is 0 Å². The molecule has 0 saturated carbocycles. The molecular formula is C39H37Cl3N6O2. The minimum Gasteiger partial charge on any atom is -0.355 e. The van der Waals surface area contributed by atoms with Crippen LogP contribution in [0.4, 0.5) is 11.5 Å². The van der Waals surface area contributed by atoms with Crippen molar-refractivity contribution < 1.29 is 9.59 Å². The molecule has 0 aliphatic carbocycles. The van der Waals surface area contributed by atoms with E-state index in [-0.39, 0.29) is 17.9 Å². The Morgan fingerprint density at radius 2 is 1.70 bits per heavy atom. The molecule has 5 aromatic rings. The average molecular weight is 728 g/mol. The number of hydrogen-bond donors (Lipinski definition) is 3. The summed E-state index contributed by atoms with van der Waals surface area (Å²) in [4.78, 5) is 38.4. The van der Waals surface area contributed by atoms with Crippen molar-refractivity contribution in [2.24, 2.45) is 0 Å². The van der Waals surface area contributed by atoms with Gasteiger partial charge in [-0.15, -0.1) is 0 Å². The molecule has 3 heterocycles. The summed E-state index contributed by atoms with van der Waals surface area (Å²) in [6.07, 6.45) is 5.01. The number of piperidine rings is 1. The van der Waals surface area contributed by atoms with E-state index in [1.807, 2.05) is 72.5 Å². The molecule has 1 saturated heterocycles. The van der Waals surface area contributed by atoms with Crippen LogP contribution in [0.25, 0.3) is 22.2 Å². The Morgan fingerprint density at radius 1 is 0.980 bits per heavy atom. The summed E-state index contributed by atoms with van der Waals surface area (Å²) >= 11 is 19.4. The zero-order chi connectivity index (χ0) is 35.4. The van der Waals surface area contributed by atoms with Crippen LogP contribution in [0.2, 0.25) is 15.1 Å². The van der Waals surface area contributed by atoms with Crippen LogP contribution in [0.15, 0.2) is 97.8 Å². The first-order valence-corrected chi connectivity index (χ1v) is 17.5. The number of amides is 2. The fourth-order valence-corrected chi connectivity index (χ4v) is 7.12. The lowest BCUT2D eigenvalue weighted by Crippen LogP contribution is -2.44. The summed E-state index contributed by atoms with van der Waals surface area (Å²) in [6, 6.07) is 24.7. The maximum Gasteiger partial charge on any atom is 0.272 e. The number of H-pyrrole nitrogens is 1. The molecule has 1 aliphatic heterocycles. The van der Waals surface area contributed by atoms with Crippen molar-refractivity contribution in [1.29, 1.82) is 0 Å². The number of aromatic amines is 1. The van der Waals surface area contributed by atoms with Crippen molar-refractivity contribution in [2.75, 3.05) is 23.3 Å². The van der Waals surface area contributed by atoms with E-state index in [4.69, 9.17) is 34.8 Å². The number of rotatable bonds is 10. The van der Waals surface area contributed by atoms with E-state index in [9.17, 15) is 9.59 Å². The first kappa shape index (κ1) is 35.1. The number of pyridine rings is 1. The Balaban J connectivity index is 1.45. The topological polar surface area (TPSA) is 93.4 Å². The molecule has 50 heavy (non-hydrogen) atoms. The average Bonchev–Trinajstić information content (AvgIpc) is 3.48. The molecule has 6 rings (SSSR count). The molecule has 0 radical (unpaired) electrons. The van der Waals surface area contributed by atoms with E-state index in [0.29, 0.717) is 63.0 Å². The molecule has 0 bridgehead atoms. The van der Waals surface area contributed by atoms with E-state index in [0.717, 1.165) is 40.6 Å². The second-order valence-electron chi connectivity index (χ2n) is 12.2. The maximum atomic E-state index is 14.6. The number of carbonyl (C=O) groups is 2. The third-order valence-corrected chi connectivity index (χ3v) is 9.71. The molecule has 1 fully saturated rings. The van der Waals surface area contributed by atoms with Crippen molar-refractivity contribution in [3.63, 3.8) is 0 Å². The number of aromatic nitrogens is 2. The van der Waals surface area contributed by atoms with Crippen molar-refractivity contribution in [1.82, 2.24) is 20.2 Å². The largest absolute Gasteiger partial charge is 0.355 e. The van der Waals surface area contributed by atoms with E-state index >= 15 is 0 Å². The van der Waals surface area contributed by atoms with Crippen molar-refractivity contribution in [3.8, 4) is 0 Å². The van der Waals surface area contributed by atoms with Gasteiger partial charge >= 0.3 is 0 Å². The van der Waals surface area contributed by atoms with Crippen LogP contribution in [0.5, 0.6) is 0 Å². The molecule has 8 nitrogen and oxygen atoms in total. The number of nitrogens with one attached hydrogen (secondary N) is 3. The van der Waals surface area contributed by atoms with Crippen molar-refractivity contribution in [2.45, 2.75) is 39.3 Å². The van der Waals surface area contributed by atoms with E-state index in [2.05, 4.69) is 32.1 Å². The van der Waals surface area contributed by atoms with Crippen LogP contribution in [-0.2, 0) is 11.3 Å². The van der Waals surface area contributed by atoms with Gasteiger partial charge in [0, 0.05) is 70.3 Å². The van der Waals surface area contributed by atoms with Crippen LogP contribution in [-0.4, -0.2) is 45.8 Å². The number of anilines is 2. The predicted molar refractivity (Wildman–Crippen MR) is 206 cm³/mol. The molecule has 3 N–H and O–H groups in total. The molecule has 11 heteroatoms. The van der Waals surface area contributed by atoms with Gasteiger partial charge in [0.05, 0.1) is 11.4 Å². The first-order chi connectivity index (χ1) is 24.1. The Kier molecular flexibility index (Phi) is 10.8. The molecule has 3 aromatic carbocycles. The van der Waals surface area contributed by atoms with Gasteiger partial charge in [-0.3, -0.25) is 9.59 Å². The van der Waals surface area contributed by atoms with Gasteiger partial charge in [0.1, 0.15) is 5.69 Å². The third kappa shape index (κ3) is 7.68. The first-order valence-electron chi connectivity index (χ1n) is 16.3. The Bertz CT molecular complexity index is 2090. The second-order valence-corrected chi connectivity index (χ2v) is 13.5. The fraction of sp³-hybridized carbons (Fsp3) is 0.205. The lowest BCUT2D eigenvalue weighted by Gasteiger charge is -2.34. The Morgan fingerprint density at radius 3 is 2.40 bits per heavy atom. The molecule has 2 amide bonds. The molecule has 0 atom stereocenters. The normalized spacial score (nSPS) is 13.9. The van der Waals surface area contributed by atoms with Gasteiger partial charge in [0.25, 0.3) is 5.91 Å². The van der Waals surface area contributed by atoms with Gasteiger partial charge in [-0.05, 0) is 79.1 Å². The molecule has 1 aliphatic rings. The zero-order valence-corrected chi connectivity index (χ0v) is 30.0. The van der Waals surface area contributed by atoms with Crippen LogP contribution >= 0.6 is 34.8 Å². The summed E-state index contributed by atoms with van der Waals surface area (Å²) in [5.41, 5.74) is 5.82. The number of allylic oxidation sites excluding steroid dienone is 1. The smallest absolute Gasteiger partial charge is 0.272 e. The van der Waals surface area contributed by atoms with Gasteiger partial charge in [-0.2, -0.15) is 0 Å². The highest BCUT2D eigenvalue weighted by molar-refractivity contribution is 6.35. The summed E-state index contributed by atoms with van der Waals surface area (Å²) in [5, 5.41) is 8.58. The number of hydrogen-bond acceptors (Lipinski definition) is 5. The lowest BCUT2D eigenvalue weighted by molar-refractivity contribution is -0.119. The standard InChI is InChI=1S/C39H37Cl3N6O2/c1-4-47(23-27-12-13-28(40)21-32(27)42)37(24(2)26-9-6-5-7-10-26)35-31-15-14-29(41)22-34(31)45-36(35)39(50)46-33-11-8-18-43-38(33)48-19-16-30(17-20-48)44-25(3)49/h4-15,18,21-22,30,45H,1,16-17,19-20,23H2,2-3H3,(H,44,49)(H,46,50)/b37-24+. The monoisotopic (exact) mass is 726 g/mol. The summed E-state index contributed by atoms with van der Waals surface area (Å²) in [5.74, 6) is 0.289. The number of halogens is 3. The SMILES string of the molecule is C=CN(Cc1ccc(Cl)cc1Cl)/C(=C(\C)c1ccccc1)c1c(C(=O)Nc2cccnc2N2CCC(NC(C)=O)CC2)[nH]c2cc(Cl)ccc12. The molecule has 0 unspecified atom stereocenters. The number of nitrogens with zero attached hydrogens (tertiary/aromatic N) is 3. The van der Waals surface area contributed by atoms with Crippen LogP contribution in [0.3, 0.4) is 0 Å². The second kappa shape index (κ2) is 15.4. The molecule has 0 spiro atoms. The van der Waals surface area contributed by atoms with Crippen LogP contribution in [0.1, 0.15) is 53.9 Å².